The lowest BCUT2D eigenvalue weighted by Crippen LogP contribution is -2.43. The van der Waals surface area contributed by atoms with Gasteiger partial charge in [0.2, 0.25) is 0 Å². The van der Waals surface area contributed by atoms with Gasteiger partial charge in [0.25, 0.3) is 0 Å². The number of carbonyl (C=O) groups excluding carboxylic acids is 3. The average molecular weight is 335 g/mol. The van der Waals surface area contributed by atoms with Crippen LogP contribution in [0, 0.1) is 6.07 Å². The minimum Gasteiger partial charge on any atom is -0.449 e. The molecule has 0 heterocycles. The van der Waals surface area contributed by atoms with Crippen molar-refractivity contribution in [1.82, 2.24) is 4.90 Å². The Labute approximate surface area is 140 Å². The Hall–Kier alpha value is -2.90. The molecule has 24 heavy (non-hydrogen) atoms. The van der Waals surface area contributed by atoms with E-state index in [0.717, 1.165) is 0 Å². The smallest absolute Gasteiger partial charge is 0.435 e. The monoisotopic (exact) mass is 335 g/mol. The third-order valence-electron chi connectivity index (χ3n) is 2.55. The number of carbonyl (C=O) groups is 3. The number of rotatable bonds is 4. The maximum atomic E-state index is 12.2. The first-order chi connectivity index (χ1) is 11.5. The number of amides is 3. The molecule has 0 unspecified atom stereocenters. The fraction of sp³-hybridized carbons (Fsp3) is 0.375. The highest BCUT2D eigenvalue weighted by Gasteiger charge is 2.31. The molecule has 129 valence electrons. The lowest BCUT2D eigenvalue weighted by Gasteiger charge is -2.20. The fourth-order valence-corrected chi connectivity index (χ4v) is 1.65. The van der Waals surface area contributed by atoms with Crippen LogP contribution in [0.15, 0.2) is 29.3 Å². The van der Waals surface area contributed by atoms with E-state index in [1.165, 1.54) is 12.1 Å². The molecule has 0 saturated heterocycles. The van der Waals surface area contributed by atoms with E-state index in [4.69, 9.17) is 14.2 Å². The van der Waals surface area contributed by atoms with E-state index >= 15 is 0 Å². The summed E-state index contributed by atoms with van der Waals surface area (Å²) in [5, 5.41) is 0. The summed E-state index contributed by atoms with van der Waals surface area (Å²) in [7, 11) is 0. The molecule has 1 radical (unpaired) electrons. The Morgan fingerprint density at radius 2 is 1.46 bits per heavy atom. The van der Waals surface area contributed by atoms with Crippen molar-refractivity contribution in [3.05, 3.63) is 35.9 Å². The van der Waals surface area contributed by atoms with Crippen molar-refractivity contribution in [2.45, 2.75) is 20.8 Å². The van der Waals surface area contributed by atoms with Crippen LogP contribution in [-0.2, 0) is 14.2 Å². The third-order valence-corrected chi connectivity index (χ3v) is 2.55. The van der Waals surface area contributed by atoms with Gasteiger partial charge in [-0.25, -0.2) is 14.4 Å². The van der Waals surface area contributed by atoms with Crippen LogP contribution in [0.3, 0.4) is 0 Å². The lowest BCUT2D eigenvalue weighted by atomic mass is 10.2. The standard InChI is InChI=1S/C16H19N2O6/c1-4-22-14(19)17-13(12-10-8-7-9-11-12)18(15(20)23-5-2)16(21)24-6-3/h8-11H,4-6H2,1-3H3. The van der Waals surface area contributed by atoms with Crippen LogP contribution in [0.5, 0.6) is 0 Å². The van der Waals surface area contributed by atoms with Gasteiger partial charge in [-0.05, 0) is 26.8 Å². The molecule has 1 aromatic carbocycles. The Balaban J connectivity index is 3.36. The average Bonchev–Trinajstić information content (AvgIpc) is 2.56. The zero-order chi connectivity index (χ0) is 17.9. The zero-order valence-electron chi connectivity index (χ0n) is 13.8. The van der Waals surface area contributed by atoms with Crippen LogP contribution in [0.2, 0.25) is 0 Å². The van der Waals surface area contributed by atoms with E-state index in [2.05, 4.69) is 11.1 Å². The molecule has 0 aliphatic heterocycles. The van der Waals surface area contributed by atoms with E-state index in [0.29, 0.717) is 10.5 Å². The van der Waals surface area contributed by atoms with Crippen molar-refractivity contribution in [3.63, 3.8) is 0 Å². The SMILES string of the molecule is CCOC(=O)N=C(c1cc[c]cc1)N(C(=O)OCC)C(=O)OCC. The highest BCUT2D eigenvalue weighted by atomic mass is 16.6. The highest BCUT2D eigenvalue weighted by molar-refractivity contribution is 6.17. The maximum absolute atomic E-state index is 12.2. The summed E-state index contributed by atoms with van der Waals surface area (Å²) >= 11 is 0. The summed E-state index contributed by atoms with van der Waals surface area (Å²) in [6.07, 6.45) is -2.96. The van der Waals surface area contributed by atoms with Gasteiger partial charge in [-0.15, -0.1) is 0 Å². The molecule has 0 aliphatic carbocycles. The highest BCUT2D eigenvalue weighted by Crippen LogP contribution is 2.11. The minimum absolute atomic E-state index is 0.0317. The molecule has 3 amide bonds. The summed E-state index contributed by atoms with van der Waals surface area (Å²) < 4.78 is 14.5. The van der Waals surface area contributed by atoms with E-state index < -0.39 is 18.3 Å². The summed E-state index contributed by atoms with van der Waals surface area (Å²) in [5.74, 6) is -0.251. The van der Waals surface area contributed by atoms with Crippen LogP contribution in [0.1, 0.15) is 26.3 Å². The molecular formula is C16H19N2O6. The summed E-state index contributed by atoms with van der Waals surface area (Å²) in [5.41, 5.74) is 0.322. The van der Waals surface area contributed by atoms with Gasteiger partial charge in [0, 0.05) is 5.56 Å². The topological polar surface area (TPSA) is 94.5 Å². The van der Waals surface area contributed by atoms with Crippen LogP contribution >= 0.6 is 0 Å². The molecular weight excluding hydrogens is 316 g/mol. The summed E-state index contributed by atoms with van der Waals surface area (Å²) in [6.45, 7) is 4.94. The van der Waals surface area contributed by atoms with Crippen LogP contribution < -0.4 is 0 Å². The second-order valence-corrected chi connectivity index (χ2v) is 4.16. The first-order valence-corrected chi connectivity index (χ1v) is 7.40. The molecule has 0 aromatic heterocycles. The molecule has 0 aliphatic rings. The van der Waals surface area contributed by atoms with Crippen molar-refractivity contribution in [1.29, 1.82) is 0 Å². The number of hydrogen-bond donors (Lipinski definition) is 0. The molecule has 1 rings (SSSR count). The lowest BCUT2D eigenvalue weighted by molar-refractivity contribution is 0.101. The minimum atomic E-state index is -1.01. The summed E-state index contributed by atoms with van der Waals surface area (Å²) in [4.78, 5) is 40.4. The van der Waals surface area contributed by atoms with Gasteiger partial charge in [-0.1, -0.05) is 24.3 Å². The number of amidine groups is 1. The zero-order valence-corrected chi connectivity index (χ0v) is 13.8. The fourth-order valence-electron chi connectivity index (χ4n) is 1.65. The normalized spacial score (nSPS) is 10.7. The molecule has 8 nitrogen and oxygen atoms in total. The van der Waals surface area contributed by atoms with Gasteiger partial charge in [0.1, 0.15) is 0 Å². The second kappa shape index (κ2) is 9.98. The van der Waals surface area contributed by atoms with Gasteiger partial charge in [-0.2, -0.15) is 9.89 Å². The summed E-state index contributed by atoms with van der Waals surface area (Å²) in [6, 6.07) is 8.95. The van der Waals surface area contributed by atoms with Gasteiger partial charge < -0.3 is 14.2 Å². The second-order valence-electron chi connectivity index (χ2n) is 4.16. The van der Waals surface area contributed by atoms with Crippen LogP contribution in [0.4, 0.5) is 14.4 Å². The number of imide groups is 1. The Morgan fingerprint density at radius 1 is 0.958 bits per heavy atom. The van der Waals surface area contributed by atoms with Gasteiger partial charge in [-0.3, -0.25) is 0 Å². The molecule has 8 heteroatoms. The van der Waals surface area contributed by atoms with Gasteiger partial charge in [0.15, 0.2) is 5.84 Å². The number of aliphatic imine (C=N–C) groups is 1. The quantitative estimate of drug-likeness (QED) is 0.477. The van der Waals surface area contributed by atoms with E-state index in [1.807, 2.05) is 0 Å². The molecule has 0 N–H and O–H groups in total. The number of ether oxygens (including phenoxy) is 3. The predicted molar refractivity (Wildman–Crippen MR) is 84.7 cm³/mol. The van der Waals surface area contributed by atoms with E-state index in [-0.39, 0.29) is 25.7 Å². The van der Waals surface area contributed by atoms with Gasteiger partial charge >= 0.3 is 18.3 Å². The van der Waals surface area contributed by atoms with Crippen LogP contribution in [-0.4, -0.2) is 48.8 Å². The molecule has 0 saturated carbocycles. The van der Waals surface area contributed by atoms with Crippen LogP contribution in [0.25, 0.3) is 0 Å². The van der Waals surface area contributed by atoms with Crippen molar-refractivity contribution >= 4 is 24.1 Å². The molecule has 0 atom stereocenters. The van der Waals surface area contributed by atoms with E-state index in [1.54, 1.807) is 32.9 Å². The molecule has 1 aromatic rings. The van der Waals surface area contributed by atoms with Crippen molar-refractivity contribution in [2.75, 3.05) is 19.8 Å². The predicted octanol–water partition coefficient (Wildman–Crippen LogP) is 3.00. The Kier molecular flexibility index (Phi) is 7.97. The van der Waals surface area contributed by atoms with Crippen molar-refractivity contribution < 1.29 is 28.6 Å². The van der Waals surface area contributed by atoms with Crippen molar-refractivity contribution in [2.24, 2.45) is 4.99 Å². The number of nitrogens with zero attached hydrogens (tertiary/aromatic N) is 2. The molecule has 0 bridgehead atoms. The molecule has 0 spiro atoms. The number of benzene rings is 1. The van der Waals surface area contributed by atoms with E-state index in [9.17, 15) is 14.4 Å². The largest absolute Gasteiger partial charge is 0.449 e. The first kappa shape index (κ1) is 19.1. The first-order valence-electron chi connectivity index (χ1n) is 7.40. The number of hydrogen-bond acceptors (Lipinski definition) is 6. The van der Waals surface area contributed by atoms with Crippen molar-refractivity contribution in [3.8, 4) is 0 Å². The van der Waals surface area contributed by atoms with Gasteiger partial charge in [0.05, 0.1) is 19.8 Å². The third kappa shape index (κ3) is 5.38. The Bertz CT molecular complexity index is 582. The maximum Gasteiger partial charge on any atom is 0.435 e. The molecule has 0 fully saturated rings. The Morgan fingerprint density at radius 3 is 1.92 bits per heavy atom.